The average molecular weight is 319 g/mol. The number of benzene rings is 1. The summed E-state index contributed by atoms with van der Waals surface area (Å²) in [6.07, 6.45) is 2.80. The molecule has 22 heavy (non-hydrogen) atoms. The van der Waals surface area contributed by atoms with Crippen molar-refractivity contribution in [2.75, 3.05) is 15.9 Å². The normalized spacial score (nSPS) is 11.5. The van der Waals surface area contributed by atoms with Crippen LogP contribution in [0.15, 0.2) is 48.7 Å². The Morgan fingerprint density at radius 1 is 1.14 bits per heavy atom. The lowest BCUT2D eigenvalue weighted by atomic mass is 10.1. The molecule has 0 spiro atoms. The summed E-state index contributed by atoms with van der Waals surface area (Å²) in [4.78, 5) is 6.39. The zero-order valence-corrected chi connectivity index (χ0v) is 13.8. The van der Waals surface area contributed by atoms with Crippen molar-refractivity contribution in [2.24, 2.45) is 0 Å². The third-order valence-corrected chi connectivity index (χ3v) is 3.77. The zero-order valence-electron chi connectivity index (χ0n) is 13.0. The number of sulfonamides is 1. The van der Waals surface area contributed by atoms with E-state index < -0.39 is 10.0 Å². The van der Waals surface area contributed by atoms with Gasteiger partial charge >= 0.3 is 0 Å². The van der Waals surface area contributed by atoms with Crippen molar-refractivity contribution in [2.45, 2.75) is 26.4 Å². The molecule has 6 heteroatoms. The molecule has 5 nitrogen and oxygen atoms in total. The number of pyridine rings is 1. The van der Waals surface area contributed by atoms with E-state index in [1.807, 2.05) is 24.3 Å². The van der Waals surface area contributed by atoms with Crippen LogP contribution < -0.4 is 9.62 Å². The molecular weight excluding hydrogens is 298 g/mol. The molecule has 1 heterocycles. The molecule has 1 N–H and O–H groups in total. The molecule has 0 radical (unpaired) electrons. The van der Waals surface area contributed by atoms with E-state index in [4.69, 9.17) is 0 Å². The number of nitrogens with one attached hydrogen (secondary N) is 1. The molecule has 0 unspecified atom stereocenters. The summed E-state index contributed by atoms with van der Waals surface area (Å²) in [5.74, 6) is 0.328. The van der Waals surface area contributed by atoms with Gasteiger partial charge in [0.25, 0.3) is 0 Å². The number of hydrogen-bond donors (Lipinski definition) is 1. The van der Waals surface area contributed by atoms with E-state index in [9.17, 15) is 8.42 Å². The van der Waals surface area contributed by atoms with Gasteiger partial charge in [0.2, 0.25) is 10.0 Å². The van der Waals surface area contributed by atoms with Gasteiger partial charge < -0.3 is 4.90 Å². The highest BCUT2D eigenvalue weighted by molar-refractivity contribution is 7.92. The lowest BCUT2D eigenvalue weighted by Crippen LogP contribution is -2.30. The van der Waals surface area contributed by atoms with Crippen LogP contribution >= 0.6 is 0 Å². The molecule has 1 aromatic carbocycles. The Morgan fingerprint density at radius 2 is 1.82 bits per heavy atom. The molecule has 0 saturated carbocycles. The molecule has 0 fully saturated rings. The number of hydrogen-bond acceptors (Lipinski definition) is 4. The van der Waals surface area contributed by atoms with Crippen molar-refractivity contribution in [3.63, 3.8) is 0 Å². The van der Waals surface area contributed by atoms with Crippen LogP contribution in [0.2, 0.25) is 0 Å². The smallest absolute Gasteiger partial charge is 0.230 e. The molecule has 118 valence electrons. The van der Waals surface area contributed by atoms with Gasteiger partial charge in [-0.1, -0.05) is 30.3 Å². The predicted molar refractivity (Wildman–Crippen MR) is 90.5 cm³/mol. The minimum absolute atomic E-state index is 0.302. The Morgan fingerprint density at radius 3 is 2.32 bits per heavy atom. The predicted octanol–water partition coefficient (Wildman–Crippen LogP) is 2.87. The van der Waals surface area contributed by atoms with E-state index in [-0.39, 0.29) is 0 Å². The van der Waals surface area contributed by atoms with E-state index in [1.165, 1.54) is 5.56 Å². The number of aromatic nitrogens is 1. The van der Waals surface area contributed by atoms with Gasteiger partial charge in [0.1, 0.15) is 5.82 Å². The van der Waals surface area contributed by atoms with Crippen molar-refractivity contribution >= 4 is 21.5 Å². The Kier molecular flexibility index (Phi) is 5.03. The van der Waals surface area contributed by atoms with Gasteiger partial charge in [-0.25, -0.2) is 13.4 Å². The van der Waals surface area contributed by atoms with E-state index in [2.05, 4.69) is 40.6 Å². The summed E-state index contributed by atoms with van der Waals surface area (Å²) < 4.78 is 24.8. The van der Waals surface area contributed by atoms with Crippen molar-refractivity contribution < 1.29 is 8.42 Å². The van der Waals surface area contributed by atoms with Gasteiger partial charge in [0.05, 0.1) is 18.1 Å². The lowest BCUT2D eigenvalue weighted by molar-refractivity contribution is 0.606. The second kappa shape index (κ2) is 6.79. The highest BCUT2D eigenvalue weighted by atomic mass is 32.2. The van der Waals surface area contributed by atoms with Gasteiger partial charge in [-0.05, 0) is 31.5 Å². The zero-order chi connectivity index (χ0) is 16.2. The topological polar surface area (TPSA) is 62.3 Å². The van der Waals surface area contributed by atoms with Crippen LogP contribution in [0.3, 0.4) is 0 Å². The summed E-state index contributed by atoms with van der Waals surface area (Å²) in [6.45, 7) is 5.01. The summed E-state index contributed by atoms with van der Waals surface area (Å²) >= 11 is 0. The summed E-state index contributed by atoms with van der Waals surface area (Å²) in [5.41, 5.74) is 2.17. The van der Waals surface area contributed by atoms with Crippen LogP contribution in [0.4, 0.5) is 11.5 Å². The van der Waals surface area contributed by atoms with Crippen LogP contribution in [0.1, 0.15) is 19.4 Å². The molecule has 2 aromatic rings. The summed E-state index contributed by atoms with van der Waals surface area (Å²) in [7, 11) is -3.30. The third kappa shape index (κ3) is 4.73. The first-order chi connectivity index (χ1) is 10.3. The first kappa shape index (κ1) is 16.3. The largest absolute Gasteiger partial charge is 0.364 e. The third-order valence-electron chi connectivity index (χ3n) is 3.19. The molecule has 2 rings (SSSR count). The molecule has 0 aliphatic heterocycles. The van der Waals surface area contributed by atoms with Gasteiger partial charge in [0.15, 0.2) is 0 Å². The van der Waals surface area contributed by atoms with E-state index in [1.54, 1.807) is 12.3 Å². The highest BCUT2D eigenvalue weighted by Crippen LogP contribution is 2.20. The molecule has 0 atom stereocenters. The Balaban J connectivity index is 2.19. The van der Waals surface area contributed by atoms with Gasteiger partial charge in [-0.15, -0.1) is 0 Å². The fourth-order valence-corrected chi connectivity index (χ4v) is 2.66. The number of rotatable bonds is 6. The van der Waals surface area contributed by atoms with Crippen molar-refractivity contribution in [3.8, 4) is 0 Å². The van der Waals surface area contributed by atoms with Crippen LogP contribution in [0.25, 0.3) is 0 Å². The maximum absolute atomic E-state index is 11.2. The molecule has 1 aromatic heterocycles. The number of anilines is 2. The highest BCUT2D eigenvalue weighted by Gasteiger charge is 2.12. The van der Waals surface area contributed by atoms with E-state index in [0.717, 1.165) is 18.5 Å². The molecule has 0 amide bonds. The van der Waals surface area contributed by atoms with Crippen LogP contribution in [0, 0.1) is 0 Å². The van der Waals surface area contributed by atoms with Gasteiger partial charge in [-0.2, -0.15) is 0 Å². The minimum atomic E-state index is -3.30. The summed E-state index contributed by atoms with van der Waals surface area (Å²) in [5, 5.41) is 0. The molecule has 0 bridgehead atoms. The molecule has 0 aliphatic carbocycles. The fourth-order valence-electron chi connectivity index (χ4n) is 2.16. The van der Waals surface area contributed by atoms with Crippen LogP contribution in [0.5, 0.6) is 0 Å². The first-order valence-electron chi connectivity index (χ1n) is 7.09. The van der Waals surface area contributed by atoms with Crippen LogP contribution in [-0.4, -0.2) is 25.7 Å². The minimum Gasteiger partial charge on any atom is -0.364 e. The van der Waals surface area contributed by atoms with Crippen molar-refractivity contribution in [1.82, 2.24) is 4.98 Å². The van der Waals surface area contributed by atoms with Crippen LogP contribution in [-0.2, 0) is 16.6 Å². The second-order valence-electron chi connectivity index (χ2n) is 5.48. The number of nitrogens with zero attached hydrogens (tertiary/aromatic N) is 2. The quantitative estimate of drug-likeness (QED) is 0.889. The SMILES string of the molecule is CC(C)N(Cc1ccccc1)c1ccc(NS(C)(=O)=O)nc1. The Labute approximate surface area is 132 Å². The maximum atomic E-state index is 11.2. The van der Waals surface area contributed by atoms with Gasteiger partial charge in [0, 0.05) is 12.6 Å². The summed E-state index contributed by atoms with van der Waals surface area (Å²) in [6, 6.07) is 14.1. The van der Waals surface area contributed by atoms with Crippen molar-refractivity contribution in [1.29, 1.82) is 0 Å². The standard InChI is InChI=1S/C16H21N3O2S/c1-13(2)19(12-14-7-5-4-6-8-14)15-9-10-16(17-11-15)18-22(3,20)21/h4-11,13H,12H2,1-3H3,(H,17,18). The molecular formula is C16H21N3O2S. The Bertz CT molecular complexity index is 698. The fraction of sp³-hybridized carbons (Fsp3) is 0.312. The molecule has 0 aliphatic rings. The monoisotopic (exact) mass is 319 g/mol. The lowest BCUT2D eigenvalue weighted by Gasteiger charge is -2.29. The Hall–Kier alpha value is -2.08. The van der Waals surface area contributed by atoms with E-state index >= 15 is 0 Å². The van der Waals surface area contributed by atoms with Crippen molar-refractivity contribution in [3.05, 3.63) is 54.2 Å². The molecule has 0 saturated heterocycles. The van der Waals surface area contributed by atoms with E-state index in [0.29, 0.717) is 11.9 Å². The average Bonchev–Trinajstić information content (AvgIpc) is 2.45. The van der Waals surface area contributed by atoms with Gasteiger partial charge in [-0.3, -0.25) is 4.72 Å². The maximum Gasteiger partial charge on any atom is 0.230 e. The second-order valence-corrected chi connectivity index (χ2v) is 7.23. The first-order valence-corrected chi connectivity index (χ1v) is 8.99.